The monoisotopic (exact) mass is 374 g/mol. The van der Waals surface area contributed by atoms with Crippen LogP contribution in [0.3, 0.4) is 0 Å². The van der Waals surface area contributed by atoms with E-state index in [0.29, 0.717) is 16.5 Å². The first-order valence-corrected chi connectivity index (χ1v) is 9.19. The van der Waals surface area contributed by atoms with E-state index in [9.17, 15) is 10.1 Å². The molecule has 1 aromatic heterocycles. The summed E-state index contributed by atoms with van der Waals surface area (Å²) in [6.07, 6.45) is 1.45. The molecule has 1 N–H and O–H groups in total. The summed E-state index contributed by atoms with van der Waals surface area (Å²) in [7, 11) is 0. The van der Waals surface area contributed by atoms with E-state index < -0.39 is 5.91 Å². The summed E-state index contributed by atoms with van der Waals surface area (Å²) in [5.74, 6) is -0.00667. The Hall–Kier alpha value is -3.23. The number of amides is 1. The Kier molecular flexibility index (Phi) is 5.80. The minimum absolute atomic E-state index is 0.0160. The highest BCUT2D eigenvalue weighted by atomic mass is 32.2. The zero-order valence-electron chi connectivity index (χ0n) is 15.0. The molecule has 0 spiro atoms. The molecule has 0 atom stereocenters. The molecule has 0 radical (unpaired) electrons. The molecule has 3 rings (SSSR count). The molecular weight excluding hydrogens is 356 g/mol. The van der Waals surface area contributed by atoms with Crippen molar-refractivity contribution in [1.29, 1.82) is 5.26 Å². The Morgan fingerprint density at radius 2 is 1.85 bits per heavy atom. The van der Waals surface area contributed by atoms with Crippen LogP contribution in [0.25, 0.3) is 6.08 Å². The van der Waals surface area contributed by atoms with E-state index in [4.69, 9.17) is 4.42 Å². The quantitative estimate of drug-likeness (QED) is 0.467. The van der Waals surface area contributed by atoms with Crippen molar-refractivity contribution in [3.05, 3.63) is 83.1 Å². The summed E-state index contributed by atoms with van der Waals surface area (Å²) < 4.78 is 5.73. The number of carbonyl (C=O) groups is 1. The van der Waals surface area contributed by atoms with Crippen LogP contribution in [-0.4, -0.2) is 5.91 Å². The number of hydrogen-bond donors (Lipinski definition) is 1. The van der Waals surface area contributed by atoms with Crippen molar-refractivity contribution >= 4 is 29.4 Å². The van der Waals surface area contributed by atoms with Crippen LogP contribution in [0.4, 0.5) is 5.69 Å². The number of anilines is 1. The Morgan fingerprint density at radius 3 is 2.56 bits per heavy atom. The van der Waals surface area contributed by atoms with Gasteiger partial charge in [-0.25, -0.2) is 0 Å². The largest absolute Gasteiger partial charge is 0.450 e. The minimum atomic E-state index is -0.466. The first-order valence-electron chi connectivity index (χ1n) is 8.37. The van der Waals surface area contributed by atoms with Crippen molar-refractivity contribution in [2.24, 2.45) is 0 Å². The van der Waals surface area contributed by atoms with E-state index in [1.165, 1.54) is 23.4 Å². The van der Waals surface area contributed by atoms with Crippen LogP contribution in [0.2, 0.25) is 0 Å². The molecule has 0 fully saturated rings. The second-order valence-corrected chi connectivity index (χ2v) is 7.14. The second-order valence-electron chi connectivity index (χ2n) is 6.07. The standard InChI is InChI=1S/C22H18N2O2S/c1-15-6-9-20(10-7-15)27-21-11-8-19(26-21)13-17(14-23)22(25)24-18-5-3-4-16(2)12-18/h3-13H,1-2H3,(H,24,25)/b17-13-. The molecule has 1 heterocycles. The highest BCUT2D eigenvalue weighted by molar-refractivity contribution is 7.99. The van der Waals surface area contributed by atoms with Gasteiger partial charge >= 0.3 is 0 Å². The van der Waals surface area contributed by atoms with Gasteiger partial charge in [-0.05, 0) is 55.8 Å². The van der Waals surface area contributed by atoms with Gasteiger partial charge in [0, 0.05) is 16.7 Å². The topological polar surface area (TPSA) is 66.0 Å². The molecule has 3 aromatic rings. The molecule has 0 aliphatic heterocycles. The van der Waals surface area contributed by atoms with Crippen molar-refractivity contribution in [3.8, 4) is 6.07 Å². The van der Waals surface area contributed by atoms with Crippen molar-refractivity contribution in [2.75, 3.05) is 5.32 Å². The van der Waals surface area contributed by atoms with Crippen LogP contribution in [-0.2, 0) is 4.79 Å². The summed E-state index contributed by atoms with van der Waals surface area (Å²) in [6, 6.07) is 21.0. The van der Waals surface area contributed by atoms with E-state index in [1.54, 1.807) is 12.1 Å². The molecule has 0 unspecified atom stereocenters. The Morgan fingerprint density at radius 1 is 1.07 bits per heavy atom. The summed E-state index contributed by atoms with van der Waals surface area (Å²) in [5, 5.41) is 12.8. The highest BCUT2D eigenvalue weighted by Gasteiger charge is 2.11. The predicted octanol–water partition coefficient (Wildman–Crippen LogP) is 5.59. The van der Waals surface area contributed by atoms with E-state index in [0.717, 1.165) is 10.5 Å². The SMILES string of the molecule is Cc1ccc(Sc2ccc(/C=C(/C#N)C(=O)Nc3cccc(C)c3)o2)cc1. The number of carbonyl (C=O) groups excluding carboxylic acids is 1. The number of nitriles is 1. The van der Waals surface area contributed by atoms with Gasteiger partial charge in [-0.2, -0.15) is 5.26 Å². The smallest absolute Gasteiger partial charge is 0.266 e. The van der Waals surface area contributed by atoms with Crippen LogP contribution in [0.5, 0.6) is 0 Å². The maximum absolute atomic E-state index is 12.3. The summed E-state index contributed by atoms with van der Waals surface area (Å²) >= 11 is 1.49. The van der Waals surface area contributed by atoms with Crippen LogP contribution in [0.15, 0.2) is 80.6 Å². The number of furan rings is 1. The number of hydrogen-bond acceptors (Lipinski definition) is 4. The molecule has 0 saturated carbocycles. The predicted molar refractivity (Wildman–Crippen MR) is 107 cm³/mol. The van der Waals surface area contributed by atoms with Crippen molar-refractivity contribution in [2.45, 2.75) is 23.8 Å². The fraction of sp³-hybridized carbons (Fsp3) is 0.0909. The lowest BCUT2D eigenvalue weighted by molar-refractivity contribution is -0.112. The van der Waals surface area contributed by atoms with Crippen LogP contribution < -0.4 is 5.32 Å². The minimum Gasteiger partial charge on any atom is -0.450 e. The third-order valence-corrected chi connectivity index (χ3v) is 4.70. The van der Waals surface area contributed by atoms with Gasteiger partial charge in [-0.15, -0.1) is 0 Å². The number of benzene rings is 2. The number of nitrogens with zero attached hydrogens (tertiary/aromatic N) is 1. The van der Waals surface area contributed by atoms with Gasteiger partial charge < -0.3 is 9.73 Å². The number of rotatable bonds is 5. The summed E-state index contributed by atoms with van der Waals surface area (Å²) in [6.45, 7) is 3.97. The van der Waals surface area contributed by atoms with Gasteiger partial charge in [-0.3, -0.25) is 4.79 Å². The van der Waals surface area contributed by atoms with Crippen molar-refractivity contribution in [3.63, 3.8) is 0 Å². The molecule has 5 heteroatoms. The molecule has 4 nitrogen and oxygen atoms in total. The molecule has 2 aromatic carbocycles. The third kappa shape index (κ3) is 5.13. The van der Waals surface area contributed by atoms with E-state index in [2.05, 4.69) is 5.32 Å². The first kappa shape index (κ1) is 18.6. The maximum Gasteiger partial charge on any atom is 0.266 e. The van der Waals surface area contributed by atoms with Gasteiger partial charge in [0.05, 0.1) is 0 Å². The lowest BCUT2D eigenvalue weighted by atomic mass is 10.2. The molecule has 134 valence electrons. The van der Waals surface area contributed by atoms with E-state index in [-0.39, 0.29) is 5.57 Å². The summed E-state index contributed by atoms with van der Waals surface area (Å²) in [5.41, 5.74) is 2.86. The van der Waals surface area contributed by atoms with E-state index >= 15 is 0 Å². The van der Waals surface area contributed by atoms with Crippen molar-refractivity contribution in [1.82, 2.24) is 0 Å². The second kappa shape index (κ2) is 8.43. The highest BCUT2D eigenvalue weighted by Crippen LogP contribution is 2.30. The molecule has 27 heavy (non-hydrogen) atoms. The molecule has 1 amide bonds. The van der Waals surface area contributed by atoms with Gasteiger partial charge in [-0.1, -0.05) is 41.6 Å². The molecular formula is C22H18N2O2S. The van der Waals surface area contributed by atoms with Gasteiger partial charge in [0.25, 0.3) is 5.91 Å². The number of aryl methyl sites for hydroxylation is 2. The average molecular weight is 374 g/mol. The Balaban J connectivity index is 1.72. The van der Waals surface area contributed by atoms with Crippen LogP contribution in [0.1, 0.15) is 16.9 Å². The molecule has 0 aliphatic rings. The lowest BCUT2D eigenvalue weighted by Gasteiger charge is -2.04. The molecule has 0 aliphatic carbocycles. The van der Waals surface area contributed by atoms with Crippen molar-refractivity contribution < 1.29 is 9.21 Å². The fourth-order valence-electron chi connectivity index (χ4n) is 2.40. The fourth-order valence-corrected chi connectivity index (χ4v) is 3.18. The first-order chi connectivity index (χ1) is 13.0. The summed E-state index contributed by atoms with van der Waals surface area (Å²) in [4.78, 5) is 13.4. The van der Waals surface area contributed by atoms with E-state index in [1.807, 2.05) is 68.4 Å². The lowest BCUT2D eigenvalue weighted by Crippen LogP contribution is -2.13. The third-order valence-electron chi connectivity index (χ3n) is 3.77. The molecule has 0 saturated heterocycles. The van der Waals surface area contributed by atoms with Gasteiger partial charge in [0.1, 0.15) is 17.4 Å². The maximum atomic E-state index is 12.3. The Labute approximate surface area is 162 Å². The normalized spacial score (nSPS) is 11.1. The number of nitrogens with one attached hydrogen (secondary N) is 1. The van der Waals surface area contributed by atoms with Gasteiger partial charge in [0.15, 0.2) is 5.09 Å². The van der Waals surface area contributed by atoms with Gasteiger partial charge in [0.2, 0.25) is 0 Å². The van der Waals surface area contributed by atoms with Crippen LogP contribution >= 0.6 is 11.8 Å². The average Bonchev–Trinajstić information content (AvgIpc) is 3.08. The Bertz CT molecular complexity index is 1030. The van der Waals surface area contributed by atoms with Crippen LogP contribution in [0, 0.1) is 25.2 Å². The molecule has 0 bridgehead atoms. The zero-order chi connectivity index (χ0) is 19.2. The zero-order valence-corrected chi connectivity index (χ0v) is 15.8.